The van der Waals surface area contributed by atoms with Crippen LogP contribution < -0.4 is 20.3 Å². The maximum absolute atomic E-state index is 13.0. The summed E-state index contributed by atoms with van der Waals surface area (Å²) >= 11 is 0. The van der Waals surface area contributed by atoms with Crippen molar-refractivity contribution < 1.29 is 9.13 Å². The van der Waals surface area contributed by atoms with Crippen LogP contribution in [0.15, 0.2) is 47.6 Å². The van der Waals surface area contributed by atoms with Crippen molar-refractivity contribution in [3.8, 4) is 5.75 Å². The number of hydrogen-bond acceptors (Lipinski definition) is 5. The van der Waals surface area contributed by atoms with Crippen LogP contribution >= 0.6 is 0 Å². The van der Waals surface area contributed by atoms with E-state index in [1.807, 2.05) is 26.1 Å². The van der Waals surface area contributed by atoms with E-state index in [1.54, 1.807) is 12.1 Å². The number of hydrogen-bond donors (Lipinski definition) is 2. The summed E-state index contributed by atoms with van der Waals surface area (Å²) in [6, 6.07) is 10.2. The molecule has 0 aliphatic carbocycles. The first-order valence-electron chi connectivity index (χ1n) is 11.4. The van der Waals surface area contributed by atoms with Crippen LogP contribution in [0, 0.1) is 5.82 Å². The number of nitrogens with one attached hydrogen (secondary N) is 2. The Balaban J connectivity index is 1.53. The molecule has 0 amide bonds. The van der Waals surface area contributed by atoms with Gasteiger partial charge in [0, 0.05) is 38.9 Å². The van der Waals surface area contributed by atoms with Gasteiger partial charge in [-0.1, -0.05) is 6.92 Å². The maximum atomic E-state index is 13.0. The number of aliphatic imine (C=N–C) groups is 1. The Morgan fingerprint density at radius 1 is 1.12 bits per heavy atom. The van der Waals surface area contributed by atoms with Crippen molar-refractivity contribution in [2.45, 2.75) is 33.4 Å². The molecular formula is C24H35FN6O. The average Bonchev–Trinajstić information content (AvgIpc) is 2.82. The quantitative estimate of drug-likeness (QED) is 0.460. The number of benzene rings is 1. The first-order valence-corrected chi connectivity index (χ1v) is 11.4. The zero-order chi connectivity index (χ0) is 22.8. The Kier molecular flexibility index (Phi) is 9.10. The third kappa shape index (κ3) is 7.37. The Hall–Kier alpha value is -2.87. The molecule has 1 aliphatic heterocycles. The summed E-state index contributed by atoms with van der Waals surface area (Å²) < 4.78 is 18.9. The fourth-order valence-corrected chi connectivity index (χ4v) is 3.56. The molecule has 2 N–H and O–H groups in total. The predicted octanol–water partition coefficient (Wildman–Crippen LogP) is 2.89. The molecule has 8 heteroatoms. The highest BCUT2D eigenvalue weighted by Crippen LogP contribution is 2.16. The summed E-state index contributed by atoms with van der Waals surface area (Å²) in [7, 11) is 0. The minimum absolute atomic E-state index is 0.0985. The molecule has 3 rings (SSSR count). The van der Waals surface area contributed by atoms with Crippen molar-refractivity contribution >= 4 is 11.8 Å². The number of ether oxygens (including phenoxy) is 1. The van der Waals surface area contributed by atoms with Gasteiger partial charge in [0.15, 0.2) is 5.96 Å². The number of nitrogens with zero attached hydrogens (tertiary/aromatic N) is 4. The average molecular weight is 443 g/mol. The molecule has 1 aromatic heterocycles. The molecule has 2 aromatic rings. The van der Waals surface area contributed by atoms with Gasteiger partial charge in [-0.05, 0) is 62.4 Å². The Morgan fingerprint density at radius 2 is 1.88 bits per heavy atom. The number of piperazine rings is 1. The predicted molar refractivity (Wildman–Crippen MR) is 128 cm³/mol. The molecule has 0 spiro atoms. The van der Waals surface area contributed by atoms with E-state index in [4.69, 9.17) is 9.73 Å². The monoisotopic (exact) mass is 442 g/mol. The zero-order valence-corrected chi connectivity index (χ0v) is 19.4. The minimum Gasteiger partial charge on any atom is -0.489 e. The molecule has 0 bridgehead atoms. The van der Waals surface area contributed by atoms with Crippen LogP contribution in [0.1, 0.15) is 26.3 Å². The van der Waals surface area contributed by atoms with Crippen LogP contribution in [-0.4, -0.2) is 67.8 Å². The summed E-state index contributed by atoms with van der Waals surface area (Å²) in [4.78, 5) is 14.1. The molecule has 1 saturated heterocycles. The first kappa shape index (κ1) is 23.8. The Morgan fingerprint density at radius 3 is 2.56 bits per heavy atom. The molecule has 0 radical (unpaired) electrons. The maximum Gasteiger partial charge on any atom is 0.191 e. The minimum atomic E-state index is -0.271. The number of likely N-dealkylation sites (N-methyl/N-ethyl adjacent to an activating group) is 1. The topological polar surface area (TPSA) is 65.0 Å². The molecule has 1 aliphatic rings. The standard InChI is InChI=1S/C24H35FN6O/c1-4-26-24(28-17-19(3)32-22-8-6-21(25)7-9-22)29-18-20-10-11-27-23(16-20)31-14-12-30(5-2)13-15-31/h6-11,16,19H,4-5,12-15,17-18H2,1-3H3,(H2,26,28,29). The van der Waals surface area contributed by atoms with Crippen LogP contribution in [0.4, 0.5) is 10.2 Å². The van der Waals surface area contributed by atoms with E-state index < -0.39 is 0 Å². The van der Waals surface area contributed by atoms with E-state index in [2.05, 4.69) is 38.4 Å². The van der Waals surface area contributed by atoms with Crippen LogP contribution in [0.3, 0.4) is 0 Å². The summed E-state index contributed by atoms with van der Waals surface area (Å²) in [5.41, 5.74) is 1.13. The summed E-state index contributed by atoms with van der Waals surface area (Å²) in [6.45, 7) is 13.4. The molecule has 2 heterocycles. The van der Waals surface area contributed by atoms with Crippen molar-refractivity contribution in [3.63, 3.8) is 0 Å². The molecule has 0 saturated carbocycles. The molecule has 174 valence electrons. The SMILES string of the molecule is CCNC(=NCc1ccnc(N2CCN(CC)CC2)c1)NCC(C)Oc1ccc(F)cc1. The first-order chi connectivity index (χ1) is 15.6. The van der Waals surface area contributed by atoms with Crippen molar-refractivity contribution in [1.82, 2.24) is 20.5 Å². The molecule has 1 atom stereocenters. The van der Waals surface area contributed by atoms with Gasteiger partial charge < -0.3 is 25.2 Å². The second-order valence-electron chi connectivity index (χ2n) is 7.90. The largest absolute Gasteiger partial charge is 0.489 e. The second kappa shape index (κ2) is 12.2. The van der Waals surface area contributed by atoms with Gasteiger partial charge in [0.05, 0.1) is 13.1 Å². The van der Waals surface area contributed by atoms with E-state index in [0.717, 1.165) is 56.6 Å². The van der Waals surface area contributed by atoms with Gasteiger partial charge >= 0.3 is 0 Å². The number of aromatic nitrogens is 1. The van der Waals surface area contributed by atoms with E-state index in [0.29, 0.717) is 18.8 Å². The molecular weight excluding hydrogens is 407 g/mol. The van der Waals surface area contributed by atoms with E-state index in [-0.39, 0.29) is 11.9 Å². The van der Waals surface area contributed by atoms with E-state index >= 15 is 0 Å². The number of anilines is 1. The number of pyridine rings is 1. The molecule has 7 nitrogen and oxygen atoms in total. The number of guanidine groups is 1. The lowest BCUT2D eigenvalue weighted by Crippen LogP contribution is -2.46. The van der Waals surface area contributed by atoms with Gasteiger partial charge in [0.2, 0.25) is 0 Å². The van der Waals surface area contributed by atoms with E-state index in [9.17, 15) is 4.39 Å². The summed E-state index contributed by atoms with van der Waals surface area (Å²) in [5, 5.41) is 6.59. The van der Waals surface area contributed by atoms with Crippen LogP contribution in [0.5, 0.6) is 5.75 Å². The molecule has 1 fully saturated rings. The van der Waals surface area contributed by atoms with Gasteiger partial charge in [-0.25, -0.2) is 14.4 Å². The van der Waals surface area contributed by atoms with Gasteiger partial charge in [0.1, 0.15) is 23.5 Å². The second-order valence-corrected chi connectivity index (χ2v) is 7.90. The Labute approximate surface area is 190 Å². The van der Waals surface area contributed by atoms with Crippen molar-refractivity contribution in [2.24, 2.45) is 4.99 Å². The lowest BCUT2D eigenvalue weighted by molar-refractivity contribution is 0.223. The summed E-state index contributed by atoms with van der Waals surface area (Å²) in [6.07, 6.45) is 1.77. The number of halogens is 1. The van der Waals surface area contributed by atoms with E-state index in [1.165, 1.54) is 12.1 Å². The van der Waals surface area contributed by atoms with Crippen molar-refractivity contribution in [2.75, 3.05) is 50.7 Å². The fourth-order valence-electron chi connectivity index (χ4n) is 3.56. The normalized spacial score (nSPS) is 16.0. The lowest BCUT2D eigenvalue weighted by atomic mass is 10.2. The van der Waals surface area contributed by atoms with Gasteiger partial charge in [0.25, 0.3) is 0 Å². The lowest BCUT2D eigenvalue weighted by Gasteiger charge is -2.34. The molecule has 32 heavy (non-hydrogen) atoms. The van der Waals surface area contributed by atoms with Gasteiger partial charge in [-0.15, -0.1) is 0 Å². The highest BCUT2D eigenvalue weighted by atomic mass is 19.1. The zero-order valence-electron chi connectivity index (χ0n) is 19.4. The fraction of sp³-hybridized carbons (Fsp3) is 0.500. The third-order valence-electron chi connectivity index (χ3n) is 5.43. The molecule has 1 aromatic carbocycles. The van der Waals surface area contributed by atoms with Crippen LogP contribution in [0.2, 0.25) is 0 Å². The highest BCUT2D eigenvalue weighted by Gasteiger charge is 2.16. The van der Waals surface area contributed by atoms with Crippen molar-refractivity contribution in [1.29, 1.82) is 0 Å². The van der Waals surface area contributed by atoms with Gasteiger partial charge in [-0.2, -0.15) is 0 Å². The number of rotatable bonds is 9. The third-order valence-corrected chi connectivity index (χ3v) is 5.43. The van der Waals surface area contributed by atoms with Crippen molar-refractivity contribution in [3.05, 3.63) is 54.0 Å². The van der Waals surface area contributed by atoms with Gasteiger partial charge in [-0.3, -0.25) is 0 Å². The van der Waals surface area contributed by atoms with Crippen LogP contribution in [0.25, 0.3) is 0 Å². The highest BCUT2D eigenvalue weighted by molar-refractivity contribution is 5.79. The summed E-state index contributed by atoms with van der Waals surface area (Å²) in [5.74, 6) is 2.13. The smallest absolute Gasteiger partial charge is 0.191 e. The molecule has 1 unspecified atom stereocenters. The van der Waals surface area contributed by atoms with Crippen LogP contribution in [-0.2, 0) is 6.54 Å². The Bertz CT molecular complexity index is 852.